The van der Waals surface area contributed by atoms with Crippen molar-refractivity contribution in [3.63, 3.8) is 0 Å². The molecule has 37 heavy (non-hydrogen) atoms. The standard InChI is InChI=1S/C29H39NO7/c1-20-24(11-9-22(27(20)32)23(31)19-29(2,3)4)36-14-6-7-15-37-26-18-21(8-10-25(26)34-5)28(33)30-12-16-35-17-13-30/h8-11,18,32H,6-7,12-17,19H2,1-5H3. The van der Waals surface area contributed by atoms with Gasteiger partial charge in [-0.2, -0.15) is 0 Å². The number of ketones is 1. The predicted molar refractivity (Wildman–Crippen MR) is 141 cm³/mol. The van der Waals surface area contributed by atoms with Crippen molar-refractivity contribution in [2.24, 2.45) is 5.41 Å². The number of benzene rings is 2. The lowest BCUT2D eigenvalue weighted by molar-refractivity contribution is 0.0302. The molecule has 0 unspecified atom stereocenters. The van der Waals surface area contributed by atoms with Gasteiger partial charge in [-0.1, -0.05) is 20.8 Å². The van der Waals surface area contributed by atoms with Crippen molar-refractivity contribution in [2.75, 3.05) is 46.6 Å². The van der Waals surface area contributed by atoms with Crippen molar-refractivity contribution >= 4 is 11.7 Å². The van der Waals surface area contributed by atoms with E-state index in [1.807, 2.05) is 20.8 Å². The van der Waals surface area contributed by atoms with Gasteiger partial charge in [-0.15, -0.1) is 0 Å². The molecule has 0 radical (unpaired) electrons. The number of hydrogen-bond donors (Lipinski definition) is 1. The molecule has 202 valence electrons. The zero-order valence-electron chi connectivity index (χ0n) is 22.6. The number of morpholine rings is 1. The van der Waals surface area contributed by atoms with E-state index in [0.717, 1.165) is 12.8 Å². The number of ether oxygens (including phenoxy) is 4. The summed E-state index contributed by atoms with van der Waals surface area (Å²) in [6, 6.07) is 8.59. The van der Waals surface area contributed by atoms with E-state index in [9.17, 15) is 14.7 Å². The fraction of sp³-hybridized carbons (Fsp3) is 0.517. The van der Waals surface area contributed by atoms with Gasteiger partial charge in [0.05, 0.1) is 39.1 Å². The summed E-state index contributed by atoms with van der Waals surface area (Å²) in [7, 11) is 1.57. The number of carbonyl (C=O) groups is 2. The number of phenolic OH excluding ortho intramolecular Hbond substituents is 1. The Kier molecular flexibility index (Phi) is 9.80. The lowest BCUT2D eigenvalue weighted by Crippen LogP contribution is -2.40. The molecule has 0 saturated carbocycles. The van der Waals surface area contributed by atoms with Crippen molar-refractivity contribution in [1.29, 1.82) is 0 Å². The fourth-order valence-corrected chi connectivity index (χ4v) is 4.08. The minimum Gasteiger partial charge on any atom is -0.507 e. The number of phenols is 1. The van der Waals surface area contributed by atoms with E-state index < -0.39 is 0 Å². The second-order valence-corrected chi connectivity index (χ2v) is 10.4. The molecule has 1 fully saturated rings. The molecule has 0 aromatic heterocycles. The molecule has 1 aliphatic rings. The molecule has 8 nitrogen and oxygen atoms in total. The van der Waals surface area contributed by atoms with E-state index >= 15 is 0 Å². The van der Waals surface area contributed by atoms with Crippen LogP contribution in [0.25, 0.3) is 0 Å². The molecule has 1 amide bonds. The van der Waals surface area contributed by atoms with Gasteiger partial charge in [0.15, 0.2) is 17.3 Å². The van der Waals surface area contributed by atoms with Crippen molar-refractivity contribution in [1.82, 2.24) is 4.90 Å². The number of amides is 1. The number of nitrogens with zero attached hydrogens (tertiary/aromatic N) is 1. The van der Waals surface area contributed by atoms with E-state index in [4.69, 9.17) is 18.9 Å². The highest BCUT2D eigenvalue weighted by Crippen LogP contribution is 2.33. The first kappa shape index (κ1) is 28.3. The zero-order valence-corrected chi connectivity index (χ0v) is 22.6. The van der Waals surface area contributed by atoms with Crippen molar-refractivity contribution < 1.29 is 33.6 Å². The molecule has 1 heterocycles. The third kappa shape index (κ3) is 7.86. The summed E-state index contributed by atoms with van der Waals surface area (Å²) in [5.41, 5.74) is 1.29. The first-order valence-corrected chi connectivity index (χ1v) is 12.8. The molecule has 0 bridgehead atoms. The quantitative estimate of drug-likeness (QED) is 0.332. The van der Waals surface area contributed by atoms with Crippen LogP contribution in [0.5, 0.6) is 23.0 Å². The number of aromatic hydroxyl groups is 1. The lowest BCUT2D eigenvalue weighted by Gasteiger charge is -2.27. The molecule has 3 rings (SSSR count). The van der Waals surface area contributed by atoms with Gasteiger partial charge in [-0.25, -0.2) is 0 Å². The Bertz CT molecular complexity index is 1080. The Morgan fingerprint density at radius 3 is 2.22 bits per heavy atom. The van der Waals surface area contributed by atoms with E-state index in [0.29, 0.717) is 79.9 Å². The van der Waals surface area contributed by atoms with Gasteiger partial charge in [0.2, 0.25) is 0 Å². The van der Waals surface area contributed by atoms with Crippen LogP contribution in [-0.2, 0) is 4.74 Å². The van der Waals surface area contributed by atoms with Crippen LogP contribution in [-0.4, -0.2) is 68.3 Å². The van der Waals surface area contributed by atoms with Crippen LogP contribution in [0.4, 0.5) is 0 Å². The second kappa shape index (κ2) is 12.8. The van der Waals surface area contributed by atoms with Crippen LogP contribution in [0, 0.1) is 12.3 Å². The summed E-state index contributed by atoms with van der Waals surface area (Å²) in [5, 5.41) is 10.5. The molecule has 2 aromatic rings. The van der Waals surface area contributed by atoms with Crippen LogP contribution in [0.2, 0.25) is 0 Å². The van der Waals surface area contributed by atoms with Crippen molar-refractivity contribution in [3.8, 4) is 23.0 Å². The Morgan fingerprint density at radius 1 is 0.973 bits per heavy atom. The number of hydrogen-bond acceptors (Lipinski definition) is 7. The van der Waals surface area contributed by atoms with E-state index in [-0.39, 0.29) is 22.9 Å². The van der Waals surface area contributed by atoms with Crippen LogP contribution in [0.3, 0.4) is 0 Å². The first-order chi connectivity index (χ1) is 17.6. The Morgan fingerprint density at radius 2 is 1.59 bits per heavy atom. The van der Waals surface area contributed by atoms with Crippen LogP contribution < -0.4 is 14.2 Å². The van der Waals surface area contributed by atoms with Gasteiger partial charge < -0.3 is 29.0 Å². The van der Waals surface area contributed by atoms with Crippen molar-refractivity contribution in [2.45, 2.75) is 47.0 Å². The molecule has 8 heteroatoms. The van der Waals surface area contributed by atoms with E-state index in [2.05, 4.69) is 0 Å². The average molecular weight is 514 g/mol. The van der Waals surface area contributed by atoms with Gasteiger partial charge in [-0.3, -0.25) is 9.59 Å². The average Bonchev–Trinajstić information content (AvgIpc) is 2.87. The summed E-state index contributed by atoms with van der Waals surface area (Å²) in [6.07, 6.45) is 1.80. The number of carbonyl (C=O) groups excluding carboxylic acids is 2. The maximum atomic E-state index is 12.8. The maximum absolute atomic E-state index is 12.8. The highest BCUT2D eigenvalue weighted by atomic mass is 16.5. The second-order valence-electron chi connectivity index (χ2n) is 10.4. The van der Waals surface area contributed by atoms with Crippen molar-refractivity contribution in [3.05, 3.63) is 47.0 Å². The highest BCUT2D eigenvalue weighted by Gasteiger charge is 2.22. The molecule has 1 N–H and O–H groups in total. The monoisotopic (exact) mass is 513 g/mol. The summed E-state index contributed by atoms with van der Waals surface area (Å²) in [6.45, 7) is 10.8. The molecule has 2 aromatic carbocycles. The number of methoxy groups -OCH3 is 1. The molecule has 1 saturated heterocycles. The summed E-state index contributed by atoms with van der Waals surface area (Å²) in [4.78, 5) is 27.1. The van der Waals surface area contributed by atoms with Gasteiger partial charge in [0.25, 0.3) is 5.91 Å². The molecule has 1 aliphatic heterocycles. The van der Waals surface area contributed by atoms with Crippen LogP contribution >= 0.6 is 0 Å². The fourth-order valence-electron chi connectivity index (χ4n) is 4.08. The third-order valence-corrected chi connectivity index (χ3v) is 6.14. The van der Waals surface area contributed by atoms with E-state index in [1.165, 1.54) is 0 Å². The highest BCUT2D eigenvalue weighted by molar-refractivity contribution is 5.99. The van der Waals surface area contributed by atoms with Gasteiger partial charge in [0, 0.05) is 30.6 Å². The van der Waals surface area contributed by atoms with Gasteiger partial charge >= 0.3 is 0 Å². The summed E-state index contributed by atoms with van der Waals surface area (Å²) >= 11 is 0. The molecular weight excluding hydrogens is 474 g/mol. The Hall–Kier alpha value is -3.26. The maximum Gasteiger partial charge on any atom is 0.254 e. The summed E-state index contributed by atoms with van der Waals surface area (Å²) in [5.74, 6) is 1.51. The Balaban J connectivity index is 1.49. The molecule has 0 spiro atoms. The minimum atomic E-state index is -0.154. The normalized spacial score (nSPS) is 13.8. The number of rotatable bonds is 11. The zero-order chi connectivity index (χ0) is 27.0. The van der Waals surface area contributed by atoms with Gasteiger partial charge in [-0.05, 0) is 55.5 Å². The largest absolute Gasteiger partial charge is 0.507 e. The number of unbranched alkanes of at least 4 members (excludes halogenated alkanes) is 1. The molecule has 0 atom stereocenters. The third-order valence-electron chi connectivity index (χ3n) is 6.14. The minimum absolute atomic E-state index is 0.0197. The smallest absolute Gasteiger partial charge is 0.254 e. The number of Topliss-reactive ketones (excluding diaryl/α,β-unsaturated/α-hetero) is 1. The van der Waals surface area contributed by atoms with Gasteiger partial charge in [0.1, 0.15) is 11.5 Å². The first-order valence-electron chi connectivity index (χ1n) is 12.8. The summed E-state index contributed by atoms with van der Waals surface area (Å²) < 4.78 is 22.5. The molecule has 0 aliphatic carbocycles. The lowest BCUT2D eigenvalue weighted by atomic mass is 9.87. The SMILES string of the molecule is COc1ccc(C(=O)N2CCOCC2)cc1OCCCCOc1ccc(C(=O)CC(C)(C)C)c(O)c1C. The Labute approximate surface area is 219 Å². The predicted octanol–water partition coefficient (Wildman–Crippen LogP) is 5.04. The topological polar surface area (TPSA) is 94.5 Å². The molecular formula is C29H39NO7. The van der Waals surface area contributed by atoms with Crippen LogP contribution in [0.15, 0.2) is 30.3 Å². The van der Waals surface area contributed by atoms with E-state index in [1.54, 1.807) is 49.3 Å². The van der Waals surface area contributed by atoms with Crippen LogP contribution in [0.1, 0.15) is 66.3 Å².